The Morgan fingerprint density at radius 2 is 1.81 bits per heavy atom. The number of hydrogen-bond donors (Lipinski definition) is 2. The number of sulfonamides is 1. The molecule has 140 valence electrons. The lowest BCUT2D eigenvalue weighted by Gasteiger charge is -2.20. The Morgan fingerprint density at radius 1 is 1.12 bits per heavy atom. The zero-order chi connectivity index (χ0) is 19.5. The predicted octanol–water partition coefficient (Wildman–Crippen LogP) is 3.68. The second kappa shape index (κ2) is 7.55. The number of benzene rings is 2. The summed E-state index contributed by atoms with van der Waals surface area (Å²) in [6.07, 6.45) is 0. The molecular weight excluding hydrogens is 376 g/mol. The van der Waals surface area contributed by atoms with Crippen molar-refractivity contribution in [2.75, 3.05) is 11.8 Å². The molecule has 1 amide bonds. The lowest BCUT2D eigenvalue weighted by atomic mass is 10.1. The number of rotatable bonds is 5. The predicted molar refractivity (Wildman–Crippen MR) is 102 cm³/mol. The largest absolute Gasteiger partial charge is 0.495 e. The molecule has 2 rings (SSSR count). The standard InChI is InChI=1S/C18H21ClN2O4S/c1-18(2,3)20-17(22)12-6-5-7-14(10-12)26(23,24)21-13-8-9-16(25-4)15(19)11-13/h5-11,21H,1-4H3,(H,20,22). The average molecular weight is 397 g/mol. The summed E-state index contributed by atoms with van der Waals surface area (Å²) in [5.74, 6) is 0.0949. The Hall–Kier alpha value is -2.25. The molecule has 8 heteroatoms. The third-order valence-electron chi connectivity index (χ3n) is 3.30. The van der Waals surface area contributed by atoms with Crippen LogP contribution in [0.4, 0.5) is 5.69 Å². The second-order valence-corrected chi connectivity index (χ2v) is 8.78. The van der Waals surface area contributed by atoms with E-state index in [-0.39, 0.29) is 21.4 Å². The van der Waals surface area contributed by atoms with E-state index in [1.165, 1.54) is 31.4 Å². The Bertz CT molecular complexity index is 921. The van der Waals surface area contributed by atoms with Crippen molar-refractivity contribution in [3.05, 3.63) is 53.1 Å². The van der Waals surface area contributed by atoms with E-state index in [2.05, 4.69) is 10.0 Å². The van der Waals surface area contributed by atoms with E-state index in [1.807, 2.05) is 20.8 Å². The first-order valence-corrected chi connectivity index (χ1v) is 9.67. The fraction of sp³-hybridized carbons (Fsp3) is 0.278. The lowest BCUT2D eigenvalue weighted by molar-refractivity contribution is 0.0919. The molecule has 0 fully saturated rings. The molecule has 2 aromatic carbocycles. The summed E-state index contributed by atoms with van der Waals surface area (Å²) in [7, 11) is -2.41. The molecule has 0 aliphatic rings. The molecule has 0 radical (unpaired) electrons. The van der Waals surface area contributed by atoms with Crippen molar-refractivity contribution in [1.29, 1.82) is 0 Å². The van der Waals surface area contributed by atoms with E-state index < -0.39 is 15.6 Å². The van der Waals surface area contributed by atoms with Crippen LogP contribution in [-0.4, -0.2) is 27.0 Å². The second-order valence-electron chi connectivity index (χ2n) is 6.69. The lowest BCUT2D eigenvalue weighted by Crippen LogP contribution is -2.40. The fourth-order valence-corrected chi connectivity index (χ4v) is 3.51. The molecular formula is C18H21ClN2O4S. The zero-order valence-corrected chi connectivity index (χ0v) is 16.5. The van der Waals surface area contributed by atoms with Gasteiger partial charge in [0.05, 0.1) is 22.7 Å². The van der Waals surface area contributed by atoms with Crippen LogP contribution in [0.3, 0.4) is 0 Å². The Balaban J connectivity index is 2.28. The van der Waals surface area contributed by atoms with Crippen LogP contribution in [0, 0.1) is 0 Å². The topological polar surface area (TPSA) is 84.5 Å². The molecule has 2 aromatic rings. The minimum absolute atomic E-state index is 0.0222. The maximum absolute atomic E-state index is 12.6. The van der Waals surface area contributed by atoms with Crippen molar-refractivity contribution in [1.82, 2.24) is 5.32 Å². The highest BCUT2D eigenvalue weighted by Gasteiger charge is 2.19. The molecule has 6 nitrogen and oxygen atoms in total. The summed E-state index contributed by atoms with van der Waals surface area (Å²) in [5, 5.41) is 3.08. The monoisotopic (exact) mass is 396 g/mol. The number of carbonyl (C=O) groups excluding carboxylic acids is 1. The van der Waals surface area contributed by atoms with E-state index >= 15 is 0 Å². The number of halogens is 1. The number of hydrogen-bond acceptors (Lipinski definition) is 4. The number of methoxy groups -OCH3 is 1. The highest BCUT2D eigenvalue weighted by molar-refractivity contribution is 7.92. The summed E-state index contributed by atoms with van der Waals surface area (Å²) in [5.41, 5.74) is 0.125. The smallest absolute Gasteiger partial charge is 0.261 e. The first-order chi connectivity index (χ1) is 12.0. The number of anilines is 1. The van der Waals surface area contributed by atoms with Crippen LogP contribution in [0.2, 0.25) is 5.02 Å². The van der Waals surface area contributed by atoms with Crippen LogP contribution in [0.1, 0.15) is 31.1 Å². The van der Waals surface area contributed by atoms with E-state index in [9.17, 15) is 13.2 Å². The first kappa shape index (κ1) is 20.1. The molecule has 0 aliphatic carbocycles. The van der Waals surface area contributed by atoms with Crippen molar-refractivity contribution in [3.63, 3.8) is 0 Å². The van der Waals surface area contributed by atoms with Crippen LogP contribution in [0.25, 0.3) is 0 Å². The van der Waals surface area contributed by atoms with Crippen molar-refractivity contribution >= 4 is 33.2 Å². The summed E-state index contributed by atoms with van der Waals surface area (Å²) >= 11 is 6.02. The van der Waals surface area contributed by atoms with Gasteiger partial charge in [0.2, 0.25) is 0 Å². The van der Waals surface area contributed by atoms with Crippen LogP contribution in [0.5, 0.6) is 5.75 Å². The maximum Gasteiger partial charge on any atom is 0.261 e. The highest BCUT2D eigenvalue weighted by Crippen LogP contribution is 2.28. The van der Waals surface area contributed by atoms with Crippen molar-refractivity contribution in [2.45, 2.75) is 31.2 Å². The summed E-state index contributed by atoms with van der Waals surface area (Å²) < 4.78 is 32.7. The fourth-order valence-electron chi connectivity index (χ4n) is 2.16. The van der Waals surface area contributed by atoms with Crippen LogP contribution in [-0.2, 0) is 10.0 Å². The van der Waals surface area contributed by atoms with E-state index in [4.69, 9.17) is 16.3 Å². The number of amides is 1. The summed E-state index contributed by atoms with van der Waals surface area (Å²) in [6, 6.07) is 10.4. The van der Waals surface area contributed by atoms with Gasteiger partial charge in [-0.1, -0.05) is 17.7 Å². The molecule has 0 heterocycles. The van der Waals surface area contributed by atoms with E-state index in [0.717, 1.165) is 0 Å². The van der Waals surface area contributed by atoms with Crippen molar-refractivity contribution in [2.24, 2.45) is 0 Å². The molecule has 0 bridgehead atoms. The molecule has 0 aromatic heterocycles. The van der Waals surface area contributed by atoms with E-state index in [0.29, 0.717) is 11.4 Å². The molecule has 0 atom stereocenters. The van der Waals surface area contributed by atoms with Crippen LogP contribution in [0.15, 0.2) is 47.4 Å². The Kier molecular flexibility index (Phi) is 5.83. The summed E-state index contributed by atoms with van der Waals surface area (Å²) in [4.78, 5) is 12.2. The minimum Gasteiger partial charge on any atom is -0.495 e. The van der Waals surface area contributed by atoms with Gasteiger partial charge in [-0.15, -0.1) is 0 Å². The summed E-state index contributed by atoms with van der Waals surface area (Å²) in [6.45, 7) is 5.54. The van der Waals surface area contributed by atoms with Crippen LogP contribution >= 0.6 is 11.6 Å². The molecule has 0 saturated carbocycles. The van der Waals surface area contributed by atoms with Gasteiger partial charge in [0.25, 0.3) is 15.9 Å². The molecule has 2 N–H and O–H groups in total. The molecule has 0 spiro atoms. The average Bonchev–Trinajstić information content (AvgIpc) is 2.53. The third-order valence-corrected chi connectivity index (χ3v) is 4.97. The van der Waals surface area contributed by atoms with Gasteiger partial charge < -0.3 is 10.1 Å². The Morgan fingerprint density at radius 3 is 2.38 bits per heavy atom. The number of nitrogens with one attached hydrogen (secondary N) is 2. The van der Waals surface area contributed by atoms with Crippen LogP contribution < -0.4 is 14.8 Å². The van der Waals surface area contributed by atoms with Gasteiger partial charge in [-0.3, -0.25) is 9.52 Å². The third kappa shape index (κ3) is 5.12. The van der Waals surface area contributed by atoms with E-state index in [1.54, 1.807) is 18.2 Å². The number of ether oxygens (including phenoxy) is 1. The Labute approximate surface area is 158 Å². The number of carbonyl (C=O) groups is 1. The highest BCUT2D eigenvalue weighted by atomic mass is 35.5. The zero-order valence-electron chi connectivity index (χ0n) is 15.0. The van der Waals surface area contributed by atoms with Gasteiger partial charge in [-0.05, 0) is 57.2 Å². The molecule has 0 saturated heterocycles. The van der Waals surface area contributed by atoms with Gasteiger partial charge in [0.15, 0.2) is 0 Å². The van der Waals surface area contributed by atoms with Gasteiger partial charge >= 0.3 is 0 Å². The quantitative estimate of drug-likeness (QED) is 0.807. The maximum atomic E-state index is 12.6. The van der Waals surface area contributed by atoms with Gasteiger partial charge in [0.1, 0.15) is 5.75 Å². The minimum atomic E-state index is -3.88. The van der Waals surface area contributed by atoms with Gasteiger partial charge in [0, 0.05) is 11.1 Å². The van der Waals surface area contributed by atoms with Gasteiger partial charge in [-0.25, -0.2) is 8.42 Å². The van der Waals surface area contributed by atoms with Crippen molar-refractivity contribution in [3.8, 4) is 5.75 Å². The molecule has 0 unspecified atom stereocenters. The SMILES string of the molecule is COc1ccc(NS(=O)(=O)c2cccc(C(=O)NC(C)(C)C)c2)cc1Cl. The molecule has 0 aliphatic heterocycles. The van der Waals surface area contributed by atoms with Crippen molar-refractivity contribution < 1.29 is 17.9 Å². The van der Waals surface area contributed by atoms with Gasteiger partial charge in [-0.2, -0.15) is 0 Å². The normalized spacial score (nSPS) is 11.7. The molecule has 26 heavy (non-hydrogen) atoms. The first-order valence-electron chi connectivity index (χ1n) is 7.81.